The summed E-state index contributed by atoms with van der Waals surface area (Å²) in [6, 6.07) is 9.98. The van der Waals surface area contributed by atoms with E-state index >= 15 is 0 Å². The molecular formula is C19H38N2O3Y. The van der Waals surface area contributed by atoms with Crippen molar-refractivity contribution >= 4 is 12.1 Å². The molecule has 2 N–H and O–H groups in total. The van der Waals surface area contributed by atoms with Gasteiger partial charge in [0.15, 0.2) is 0 Å². The Kier molecular flexibility index (Phi) is 29.7. The van der Waals surface area contributed by atoms with Crippen molar-refractivity contribution in [2.45, 2.75) is 68.9 Å². The molecule has 0 aliphatic carbocycles. The average molecular weight is 431 g/mol. The first-order valence-corrected chi connectivity index (χ1v) is 7.16. The number of imide groups is 1. The summed E-state index contributed by atoms with van der Waals surface area (Å²) < 4.78 is 4.48. The summed E-state index contributed by atoms with van der Waals surface area (Å²) in [6.45, 7) is 9.92. The van der Waals surface area contributed by atoms with Crippen molar-refractivity contribution in [2.24, 2.45) is 0 Å². The Labute approximate surface area is 180 Å². The van der Waals surface area contributed by atoms with Gasteiger partial charge < -0.3 is 10.1 Å². The van der Waals surface area contributed by atoms with Gasteiger partial charge in [0.05, 0.1) is 6.61 Å². The van der Waals surface area contributed by atoms with Crippen molar-refractivity contribution in [1.29, 1.82) is 0 Å². The SMILES string of the molecule is C.C.C.CC(C)c1ccccc1.CCOC(=O)NC(=O)NC(C)C.[Y]. The predicted octanol–water partition coefficient (Wildman–Crippen LogP) is 5.57. The van der Waals surface area contributed by atoms with Gasteiger partial charge in [-0.25, -0.2) is 14.9 Å². The summed E-state index contributed by atoms with van der Waals surface area (Å²) in [5.74, 6) is 0.659. The molecule has 3 amide bonds. The zero-order chi connectivity index (χ0) is 16.3. The molecule has 0 aromatic heterocycles. The normalized spacial score (nSPS) is 8.12. The van der Waals surface area contributed by atoms with Gasteiger partial charge in [-0.05, 0) is 32.3 Å². The topological polar surface area (TPSA) is 67.4 Å². The number of alkyl carbamates (subject to hydrolysis) is 1. The molecule has 0 bridgehead atoms. The molecule has 0 fully saturated rings. The summed E-state index contributed by atoms with van der Waals surface area (Å²) in [7, 11) is 0. The van der Waals surface area contributed by atoms with Gasteiger partial charge in [-0.3, -0.25) is 0 Å². The maximum atomic E-state index is 10.8. The van der Waals surface area contributed by atoms with Crippen molar-refractivity contribution in [3.05, 3.63) is 35.9 Å². The van der Waals surface area contributed by atoms with Crippen LogP contribution in [0.2, 0.25) is 0 Å². The number of hydrogen-bond donors (Lipinski definition) is 2. The van der Waals surface area contributed by atoms with Crippen LogP contribution in [-0.4, -0.2) is 24.8 Å². The van der Waals surface area contributed by atoms with E-state index in [2.05, 4.69) is 48.2 Å². The van der Waals surface area contributed by atoms with Crippen LogP contribution in [0.3, 0.4) is 0 Å². The standard InChI is InChI=1S/C9H12.C7H14N2O3.3CH4.Y/c1-8(2)9-6-4-3-5-7-9;1-4-12-7(11)9-6(10)8-5(2)3;;;;/h3-8H,1-2H3;5H,4H2,1-3H3,(H2,8,9,10,11);3*1H4;. The number of hydrogen-bond acceptors (Lipinski definition) is 3. The van der Waals surface area contributed by atoms with E-state index in [0.717, 1.165) is 0 Å². The minimum absolute atomic E-state index is 0. The van der Waals surface area contributed by atoms with E-state index in [0.29, 0.717) is 5.92 Å². The largest absolute Gasteiger partial charge is 0.450 e. The zero-order valence-electron chi connectivity index (χ0n) is 14.1. The van der Waals surface area contributed by atoms with Crippen LogP contribution in [0.4, 0.5) is 9.59 Å². The summed E-state index contributed by atoms with van der Waals surface area (Å²) in [5, 5.41) is 4.48. The second-order valence-electron chi connectivity index (χ2n) is 5.04. The molecule has 0 aliphatic rings. The predicted molar refractivity (Wildman–Crippen MR) is 105 cm³/mol. The molecule has 145 valence electrons. The Morgan fingerprint density at radius 2 is 1.48 bits per heavy atom. The van der Waals surface area contributed by atoms with Crippen LogP contribution in [0.15, 0.2) is 30.3 Å². The summed E-state index contributed by atoms with van der Waals surface area (Å²) >= 11 is 0. The maximum absolute atomic E-state index is 10.8. The summed E-state index contributed by atoms with van der Waals surface area (Å²) in [6.07, 6.45) is -0.726. The Hall–Kier alpha value is -0.936. The average Bonchev–Trinajstić information content (AvgIpc) is 2.39. The molecular weight excluding hydrogens is 393 g/mol. The van der Waals surface area contributed by atoms with Crippen molar-refractivity contribution < 1.29 is 47.0 Å². The van der Waals surface area contributed by atoms with E-state index < -0.39 is 12.1 Å². The molecule has 1 aromatic carbocycles. The van der Waals surface area contributed by atoms with Crippen molar-refractivity contribution in [2.75, 3.05) is 6.61 Å². The van der Waals surface area contributed by atoms with Gasteiger partial charge in [0, 0.05) is 38.8 Å². The molecule has 0 heterocycles. The molecule has 25 heavy (non-hydrogen) atoms. The van der Waals surface area contributed by atoms with E-state index in [4.69, 9.17) is 0 Å². The Morgan fingerprint density at radius 1 is 1.00 bits per heavy atom. The Morgan fingerprint density at radius 3 is 1.80 bits per heavy atom. The molecule has 6 heteroatoms. The van der Waals surface area contributed by atoms with Crippen molar-refractivity contribution in [3.8, 4) is 0 Å². The van der Waals surface area contributed by atoms with Crippen molar-refractivity contribution in [3.63, 3.8) is 0 Å². The number of ether oxygens (including phenoxy) is 1. The maximum Gasteiger partial charge on any atom is 0.415 e. The number of carbonyl (C=O) groups is 2. The molecule has 0 unspecified atom stereocenters. The van der Waals surface area contributed by atoms with E-state index in [9.17, 15) is 9.59 Å². The van der Waals surface area contributed by atoms with Gasteiger partial charge in [-0.15, -0.1) is 0 Å². The number of rotatable bonds is 3. The molecule has 0 spiro atoms. The number of urea groups is 1. The quantitative estimate of drug-likeness (QED) is 0.658. The van der Waals surface area contributed by atoms with Crippen LogP contribution < -0.4 is 10.6 Å². The molecule has 0 saturated carbocycles. The van der Waals surface area contributed by atoms with Gasteiger partial charge >= 0.3 is 12.1 Å². The molecule has 0 atom stereocenters. The number of benzene rings is 1. The molecule has 1 rings (SSSR count). The third-order valence-corrected chi connectivity index (χ3v) is 2.38. The molecule has 0 aliphatic heterocycles. The van der Waals surface area contributed by atoms with E-state index in [1.807, 2.05) is 11.4 Å². The van der Waals surface area contributed by atoms with Gasteiger partial charge in [-0.2, -0.15) is 0 Å². The van der Waals surface area contributed by atoms with Gasteiger partial charge in [0.25, 0.3) is 0 Å². The van der Waals surface area contributed by atoms with E-state index in [1.54, 1.807) is 20.8 Å². The van der Waals surface area contributed by atoms with Crippen LogP contribution in [-0.2, 0) is 37.4 Å². The molecule has 1 aromatic rings. The van der Waals surface area contributed by atoms with Gasteiger partial charge in [-0.1, -0.05) is 66.5 Å². The van der Waals surface area contributed by atoms with Crippen LogP contribution >= 0.6 is 0 Å². The third kappa shape index (κ3) is 21.0. The van der Waals surface area contributed by atoms with Crippen LogP contribution in [0.1, 0.15) is 68.4 Å². The minimum Gasteiger partial charge on any atom is -0.450 e. The Balaban J connectivity index is -0.0000000939. The molecule has 0 saturated heterocycles. The van der Waals surface area contributed by atoms with E-state index in [-0.39, 0.29) is 67.6 Å². The second kappa shape index (κ2) is 21.1. The third-order valence-electron chi connectivity index (χ3n) is 2.38. The number of nitrogens with one attached hydrogen (secondary N) is 2. The van der Waals surface area contributed by atoms with E-state index in [1.165, 1.54) is 5.56 Å². The van der Waals surface area contributed by atoms with Crippen LogP contribution in [0, 0.1) is 0 Å². The summed E-state index contributed by atoms with van der Waals surface area (Å²) in [5.41, 5.74) is 1.41. The van der Waals surface area contributed by atoms with Gasteiger partial charge in [0.2, 0.25) is 0 Å². The number of carbonyl (C=O) groups excluding carboxylic acids is 2. The zero-order valence-corrected chi connectivity index (χ0v) is 16.9. The number of amides is 3. The first-order valence-electron chi connectivity index (χ1n) is 7.16. The first kappa shape index (κ1) is 35.2. The molecule has 1 radical (unpaired) electrons. The van der Waals surface area contributed by atoms with Crippen LogP contribution in [0.25, 0.3) is 0 Å². The first-order chi connectivity index (χ1) is 9.86. The second-order valence-corrected chi connectivity index (χ2v) is 5.04. The van der Waals surface area contributed by atoms with Crippen LogP contribution in [0.5, 0.6) is 0 Å². The fourth-order valence-corrected chi connectivity index (χ4v) is 1.40. The monoisotopic (exact) mass is 431 g/mol. The Bertz CT molecular complexity index is 424. The smallest absolute Gasteiger partial charge is 0.415 e. The van der Waals surface area contributed by atoms with Crippen molar-refractivity contribution in [1.82, 2.24) is 10.6 Å². The fraction of sp³-hybridized carbons (Fsp3) is 0.579. The fourth-order valence-electron chi connectivity index (χ4n) is 1.40. The summed E-state index contributed by atoms with van der Waals surface area (Å²) in [4.78, 5) is 21.5. The molecule has 5 nitrogen and oxygen atoms in total. The van der Waals surface area contributed by atoms with Gasteiger partial charge in [0.1, 0.15) is 0 Å². The minimum atomic E-state index is -0.726.